The molecule has 0 radical (unpaired) electrons. The molecule has 2 aromatic carbocycles. The van der Waals surface area contributed by atoms with Gasteiger partial charge in [-0.3, -0.25) is 4.79 Å². The quantitative estimate of drug-likeness (QED) is 0.746. The summed E-state index contributed by atoms with van der Waals surface area (Å²) in [7, 11) is 0. The molecule has 0 aliphatic heterocycles. The lowest BCUT2D eigenvalue weighted by Crippen LogP contribution is -2.05. The van der Waals surface area contributed by atoms with Gasteiger partial charge in [0.05, 0.1) is 5.56 Å². The number of hydrogen-bond donors (Lipinski definition) is 0. The molecule has 0 aliphatic carbocycles. The number of carbonyl (C=O) groups excluding carboxylic acids is 1. The number of hydrogen-bond acceptors (Lipinski definition) is 1. The topological polar surface area (TPSA) is 17.1 Å². The molecule has 0 bridgehead atoms. The van der Waals surface area contributed by atoms with E-state index in [2.05, 4.69) is 0 Å². The Morgan fingerprint density at radius 2 is 1.83 bits per heavy atom. The predicted molar refractivity (Wildman–Crippen MR) is 66.0 cm³/mol. The Labute approximate surface area is 108 Å². The second-order valence-electron chi connectivity index (χ2n) is 3.92. The van der Waals surface area contributed by atoms with Crippen LogP contribution >= 0.6 is 11.6 Å². The maximum Gasteiger partial charge on any atom is 0.196 e. The maximum absolute atomic E-state index is 13.5. The van der Waals surface area contributed by atoms with Crippen molar-refractivity contribution in [3.8, 4) is 0 Å². The van der Waals surface area contributed by atoms with Crippen LogP contribution in [0.4, 0.5) is 8.78 Å². The largest absolute Gasteiger partial charge is 0.288 e. The molecule has 2 aromatic rings. The Bertz CT molecular complexity index is 623. The van der Waals surface area contributed by atoms with Crippen LogP contribution in [0.25, 0.3) is 0 Å². The van der Waals surface area contributed by atoms with E-state index in [0.29, 0.717) is 10.6 Å². The van der Waals surface area contributed by atoms with E-state index in [9.17, 15) is 13.6 Å². The molecule has 92 valence electrons. The van der Waals surface area contributed by atoms with Gasteiger partial charge in [-0.15, -0.1) is 0 Å². The summed E-state index contributed by atoms with van der Waals surface area (Å²) in [6.07, 6.45) is 0. The summed E-state index contributed by atoms with van der Waals surface area (Å²) in [5, 5.41) is 0.520. The van der Waals surface area contributed by atoms with E-state index in [1.807, 2.05) is 0 Å². The zero-order chi connectivity index (χ0) is 13.3. The Kier molecular flexibility index (Phi) is 3.43. The van der Waals surface area contributed by atoms with Crippen molar-refractivity contribution in [2.75, 3.05) is 0 Å². The number of benzene rings is 2. The number of aryl methyl sites for hydroxylation is 1. The SMILES string of the molecule is Cc1cc(C(=O)c2cc(F)ccc2F)ccc1Cl. The molecule has 0 heterocycles. The van der Waals surface area contributed by atoms with Crippen molar-refractivity contribution in [2.24, 2.45) is 0 Å². The van der Waals surface area contributed by atoms with Crippen LogP contribution in [0, 0.1) is 18.6 Å². The molecule has 0 atom stereocenters. The number of halogens is 3. The summed E-state index contributed by atoms with van der Waals surface area (Å²) in [5.74, 6) is -1.95. The molecular weight excluding hydrogens is 258 g/mol. The minimum Gasteiger partial charge on any atom is -0.288 e. The third-order valence-electron chi connectivity index (χ3n) is 2.59. The second-order valence-corrected chi connectivity index (χ2v) is 4.32. The maximum atomic E-state index is 13.5. The van der Waals surface area contributed by atoms with Crippen LogP contribution in [0.2, 0.25) is 5.02 Å². The smallest absolute Gasteiger partial charge is 0.196 e. The molecule has 0 saturated carbocycles. The first kappa shape index (κ1) is 12.7. The molecule has 0 spiro atoms. The normalized spacial score (nSPS) is 10.4. The highest BCUT2D eigenvalue weighted by molar-refractivity contribution is 6.31. The van der Waals surface area contributed by atoms with E-state index >= 15 is 0 Å². The molecule has 0 aromatic heterocycles. The fourth-order valence-electron chi connectivity index (χ4n) is 1.61. The third-order valence-corrected chi connectivity index (χ3v) is 3.02. The summed E-state index contributed by atoms with van der Waals surface area (Å²) in [6.45, 7) is 1.74. The predicted octanol–water partition coefficient (Wildman–Crippen LogP) is 4.16. The van der Waals surface area contributed by atoms with Crippen molar-refractivity contribution in [3.63, 3.8) is 0 Å². The van der Waals surface area contributed by atoms with Gasteiger partial charge in [-0.1, -0.05) is 11.6 Å². The first-order valence-corrected chi connectivity index (χ1v) is 5.63. The van der Waals surface area contributed by atoms with Crippen molar-refractivity contribution in [2.45, 2.75) is 6.92 Å². The molecule has 0 amide bonds. The van der Waals surface area contributed by atoms with Crippen molar-refractivity contribution >= 4 is 17.4 Å². The van der Waals surface area contributed by atoms with Gasteiger partial charge in [0.15, 0.2) is 5.78 Å². The molecule has 0 aliphatic rings. The zero-order valence-corrected chi connectivity index (χ0v) is 10.3. The van der Waals surface area contributed by atoms with Crippen molar-refractivity contribution in [1.82, 2.24) is 0 Å². The lowest BCUT2D eigenvalue weighted by atomic mass is 10.0. The van der Waals surface area contributed by atoms with Crippen LogP contribution in [0.1, 0.15) is 21.5 Å². The van der Waals surface area contributed by atoms with Gasteiger partial charge < -0.3 is 0 Å². The number of carbonyl (C=O) groups is 1. The minimum absolute atomic E-state index is 0.279. The molecule has 1 nitrogen and oxygen atoms in total. The van der Waals surface area contributed by atoms with Gasteiger partial charge in [-0.25, -0.2) is 8.78 Å². The fourth-order valence-corrected chi connectivity index (χ4v) is 1.73. The first-order chi connectivity index (χ1) is 8.49. The molecular formula is C14H9ClF2O. The lowest BCUT2D eigenvalue weighted by molar-refractivity contribution is 0.103. The Balaban J connectivity index is 2.47. The molecule has 0 saturated heterocycles. The summed E-state index contributed by atoms with van der Waals surface area (Å²) in [5.41, 5.74) is 0.706. The van der Waals surface area contributed by atoms with Gasteiger partial charge in [-0.05, 0) is 48.9 Å². The Morgan fingerprint density at radius 3 is 2.50 bits per heavy atom. The van der Waals surface area contributed by atoms with Crippen LogP contribution in [0.3, 0.4) is 0 Å². The molecule has 0 fully saturated rings. The second kappa shape index (κ2) is 4.86. The lowest BCUT2D eigenvalue weighted by Gasteiger charge is -2.05. The summed E-state index contributed by atoms with van der Waals surface area (Å²) < 4.78 is 26.5. The van der Waals surface area contributed by atoms with E-state index in [0.717, 1.165) is 18.2 Å². The summed E-state index contributed by atoms with van der Waals surface area (Å²) >= 11 is 5.84. The fraction of sp³-hybridized carbons (Fsp3) is 0.0714. The summed E-state index contributed by atoms with van der Waals surface area (Å²) in [4.78, 5) is 12.0. The molecule has 2 rings (SSSR count). The zero-order valence-electron chi connectivity index (χ0n) is 9.51. The number of ketones is 1. The van der Waals surface area contributed by atoms with Crippen molar-refractivity contribution in [1.29, 1.82) is 0 Å². The van der Waals surface area contributed by atoms with E-state index in [1.54, 1.807) is 19.1 Å². The molecule has 0 N–H and O–H groups in total. The van der Waals surface area contributed by atoms with Gasteiger partial charge in [0.1, 0.15) is 11.6 Å². The van der Waals surface area contributed by atoms with E-state index in [1.165, 1.54) is 6.07 Å². The van der Waals surface area contributed by atoms with Crippen LogP contribution in [0.15, 0.2) is 36.4 Å². The standard InChI is InChI=1S/C14H9ClF2O/c1-8-6-9(2-4-12(8)15)14(18)11-7-10(16)3-5-13(11)17/h2-7H,1H3. The first-order valence-electron chi connectivity index (χ1n) is 5.25. The monoisotopic (exact) mass is 266 g/mol. The van der Waals surface area contributed by atoms with E-state index < -0.39 is 17.4 Å². The highest BCUT2D eigenvalue weighted by Gasteiger charge is 2.15. The van der Waals surface area contributed by atoms with Gasteiger partial charge in [0.25, 0.3) is 0 Å². The van der Waals surface area contributed by atoms with Gasteiger partial charge in [-0.2, -0.15) is 0 Å². The summed E-state index contributed by atoms with van der Waals surface area (Å²) in [6, 6.07) is 7.39. The third kappa shape index (κ3) is 2.41. The Morgan fingerprint density at radius 1 is 1.11 bits per heavy atom. The van der Waals surface area contributed by atoms with Gasteiger partial charge in [0, 0.05) is 10.6 Å². The average Bonchev–Trinajstić information content (AvgIpc) is 2.35. The van der Waals surface area contributed by atoms with Crippen molar-refractivity contribution in [3.05, 3.63) is 69.7 Å². The van der Waals surface area contributed by atoms with E-state index in [-0.39, 0.29) is 11.1 Å². The highest BCUT2D eigenvalue weighted by atomic mass is 35.5. The van der Waals surface area contributed by atoms with Gasteiger partial charge in [0.2, 0.25) is 0 Å². The highest BCUT2D eigenvalue weighted by Crippen LogP contribution is 2.20. The van der Waals surface area contributed by atoms with Gasteiger partial charge >= 0.3 is 0 Å². The van der Waals surface area contributed by atoms with Crippen LogP contribution in [-0.2, 0) is 0 Å². The average molecular weight is 267 g/mol. The number of rotatable bonds is 2. The van der Waals surface area contributed by atoms with E-state index in [4.69, 9.17) is 11.6 Å². The Hall–Kier alpha value is -1.74. The van der Waals surface area contributed by atoms with Crippen LogP contribution < -0.4 is 0 Å². The molecule has 18 heavy (non-hydrogen) atoms. The van der Waals surface area contributed by atoms with Crippen molar-refractivity contribution < 1.29 is 13.6 Å². The van der Waals surface area contributed by atoms with Crippen LogP contribution in [-0.4, -0.2) is 5.78 Å². The van der Waals surface area contributed by atoms with Crippen LogP contribution in [0.5, 0.6) is 0 Å². The molecule has 0 unspecified atom stereocenters. The minimum atomic E-state index is -0.742. The molecule has 4 heteroatoms.